The molecule has 0 radical (unpaired) electrons. The van der Waals surface area contributed by atoms with Crippen LogP contribution in [0.25, 0.3) is 0 Å². The summed E-state index contributed by atoms with van der Waals surface area (Å²) < 4.78 is 48.8. The minimum Gasteiger partial charge on any atom is -0.206 e. The Bertz CT molecular complexity index is 334. The van der Waals surface area contributed by atoms with Crippen LogP contribution < -0.4 is 0 Å². The van der Waals surface area contributed by atoms with Crippen LogP contribution in [0.5, 0.6) is 0 Å². The highest BCUT2D eigenvalue weighted by atomic mass is 79.9. The van der Waals surface area contributed by atoms with Gasteiger partial charge in [0.25, 0.3) is 0 Å². The van der Waals surface area contributed by atoms with Crippen LogP contribution in [0.15, 0.2) is 16.6 Å². The van der Waals surface area contributed by atoms with Gasteiger partial charge in [0, 0.05) is 0 Å². The maximum atomic E-state index is 12.6. The third kappa shape index (κ3) is 2.34. The van der Waals surface area contributed by atoms with Crippen molar-refractivity contribution in [3.05, 3.63) is 33.0 Å². The Balaban J connectivity index is 3.32. The average molecular weight is 277 g/mol. The van der Waals surface area contributed by atoms with Crippen molar-refractivity contribution in [3.8, 4) is 0 Å². The summed E-state index contributed by atoms with van der Waals surface area (Å²) in [6.45, 7) is 0. The van der Waals surface area contributed by atoms with Crippen LogP contribution in [0.4, 0.5) is 17.6 Å². The lowest BCUT2D eigenvalue weighted by Gasteiger charge is -2.09. The smallest absolute Gasteiger partial charge is 0.206 e. The van der Waals surface area contributed by atoms with E-state index in [1.54, 1.807) is 0 Å². The Labute approximate surface area is 84.6 Å². The molecule has 0 unspecified atom stereocenters. The van der Waals surface area contributed by atoms with E-state index in [0.29, 0.717) is 12.1 Å². The molecule has 0 aliphatic heterocycles. The van der Waals surface area contributed by atoms with Gasteiger partial charge in [0.1, 0.15) is 5.82 Å². The second-order valence-corrected chi connectivity index (χ2v) is 3.51. The molecule has 0 saturated carbocycles. The van der Waals surface area contributed by atoms with E-state index >= 15 is 0 Å². The summed E-state index contributed by atoms with van der Waals surface area (Å²) in [5, 5.41) is -0.645. The van der Waals surface area contributed by atoms with E-state index in [1.165, 1.54) is 0 Å². The molecule has 0 spiro atoms. The number of benzene rings is 1. The molecule has 1 aromatic rings. The van der Waals surface area contributed by atoms with Crippen molar-refractivity contribution in [1.29, 1.82) is 0 Å². The van der Waals surface area contributed by atoms with E-state index in [9.17, 15) is 17.6 Å². The minimum atomic E-state index is -4.56. The molecule has 1 aromatic carbocycles. The minimum absolute atomic E-state index is 0.260. The van der Waals surface area contributed by atoms with Gasteiger partial charge in [-0.1, -0.05) is 11.6 Å². The monoisotopic (exact) mass is 276 g/mol. The van der Waals surface area contributed by atoms with Crippen molar-refractivity contribution in [3.63, 3.8) is 0 Å². The number of halogens is 6. The predicted molar refractivity (Wildman–Crippen MR) is 44.1 cm³/mol. The third-order valence-corrected chi connectivity index (χ3v) is 2.24. The van der Waals surface area contributed by atoms with Gasteiger partial charge in [-0.25, -0.2) is 4.39 Å². The van der Waals surface area contributed by atoms with Crippen molar-refractivity contribution < 1.29 is 17.6 Å². The molecule has 6 heteroatoms. The third-order valence-electron chi connectivity index (χ3n) is 1.32. The Morgan fingerprint density at radius 2 is 1.77 bits per heavy atom. The predicted octanol–water partition coefficient (Wildman–Crippen LogP) is 4.26. The lowest BCUT2D eigenvalue weighted by molar-refractivity contribution is -0.137. The van der Waals surface area contributed by atoms with Crippen molar-refractivity contribution in [2.24, 2.45) is 0 Å². The molecule has 13 heavy (non-hydrogen) atoms. The zero-order chi connectivity index (χ0) is 10.2. The highest BCUT2D eigenvalue weighted by Gasteiger charge is 2.33. The molecule has 0 fully saturated rings. The van der Waals surface area contributed by atoms with Gasteiger partial charge >= 0.3 is 6.18 Å². The number of hydrogen-bond donors (Lipinski definition) is 0. The summed E-state index contributed by atoms with van der Waals surface area (Å²) in [4.78, 5) is 0. The SMILES string of the molecule is Fc1cc(Cl)c(C(F)(F)F)cc1Br. The molecule has 1 rings (SSSR count). The van der Waals surface area contributed by atoms with Gasteiger partial charge in [-0.3, -0.25) is 0 Å². The van der Waals surface area contributed by atoms with E-state index in [0.717, 1.165) is 0 Å². The maximum absolute atomic E-state index is 12.6. The second kappa shape index (κ2) is 3.46. The van der Waals surface area contributed by atoms with Crippen LogP contribution in [0.3, 0.4) is 0 Å². The highest BCUT2D eigenvalue weighted by molar-refractivity contribution is 9.10. The normalized spacial score (nSPS) is 11.8. The number of hydrogen-bond acceptors (Lipinski definition) is 0. The van der Waals surface area contributed by atoms with Crippen LogP contribution in [-0.2, 0) is 6.18 Å². The first kappa shape index (κ1) is 10.8. The zero-order valence-corrected chi connectivity index (χ0v) is 8.26. The van der Waals surface area contributed by atoms with Crippen LogP contribution in [-0.4, -0.2) is 0 Å². The number of rotatable bonds is 0. The highest BCUT2D eigenvalue weighted by Crippen LogP contribution is 2.37. The second-order valence-electron chi connectivity index (χ2n) is 2.24. The molecule has 0 aromatic heterocycles. The fourth-order valence-corrected chi connectivity index (χ4v) is 1.34. The first-order chi connectivity index (χ1) is 5.82. The topological polar surface area (TPSA) is 0 Å². The average Bonchev–Trinajstić information content (AvgIpc) is 1.94. The van der Waals surface area contributed by atoms with Gasteiger partial charge in [-0.05, 0) is 28.1 Å². The van der Waals surface area contributed by atoms with Crippen LogP contribution in [0.1, 0.15) is 5.56 Å². The molecule has 72 valence electrons. The van der Waals surface area contributed by atoms with E-state index in [4.69, 9.17) is 11.6 Å². The maximum Gasteiger partial charge on any atom is 0.417 e. The summed E-state index contributed by atoms with van der Waals surface area (Å²) in [6, 6.07) is 1.23. The molecule has 0 saturated heterocycles. The van der Waals surface area contributed by atoms with Crippen LogP contribution >= 0.6 is 27.5 Å². The standard InChI is InChI=1S/C7H2BrClF4/c8-4-1-3(7(11,12)13)5(9)2-6(4)10/h1-2H. The fraction of sp³-hybridized carbons (Fsp3) is 0.143. The van der Waals surface area contributed by atoms with Gasteiger partial charge < -0.3 is 0 Å². The lowest BCUT2D eigenvalue weighted by Crippen LogP contribution is -2.06. The molecule has 0 bridgehead atoms. The molecular formula is C7H2BrClF4. The van der Waals surface area contributed by atoms with E-state index < -0.39 is 22.6 Å². The summed E-state index contributed by atoms with van der Waals surface area (Å²) in [5.74, 6) is -0.821. The molecule has 0 nitrogen and oxygen atoms in total. The van der Waals surface area contributed by atoms with Crippen molar-refractivity contribution in [2.45, 2.75) is 6.18 Å². The van der Waals surface area contributed by atoms with Crippen molar-refractivity contribution in [2.75, 3.05) is 0 Å². The molecule has 0 aliphatic rings. The fourth-order valence-electron chi connectivity index (χ4n) is 0.740. The zero-order valence-electron chi connectivity index (χ0n) is 5.92. The number of alkyl halides is 3. The summed E-state index contributed by atoms with van der Waals surface area (Å²) in [5.41, 5.74) is -1.05. The Morgan fingerprint density at radius 3 is 2.23 bits per heavy atom. The quantitative estimate of drug-likeness (QED) is 0.491. The largest absolute Gasteiger partial charge is 0.417 e. The first-order valence-corrected chi connectivity index (χ1v) is 4.21. The van der Waals surface area contributed by atoms with Gasteiger partial charge in [-0.15, -0.1) is 0 Å². The Kier molecular flexibility index (Phi) is 2.87. The molecular weight excluding hydrogens is 275 g/mol. The lowest BCUT2D eigenvalue weighted by atomic mass is 10.2. The summed E-state index contributed by atoms with van der Waals surface area (Å²) in [7, 11) is 0. The van der Waals surface area contributed by atoms with Crippen LogP contribution in [0.2, 0.25) is 5.02 Å². The van der Waals surface area contributed by atoms with Gasteiger partial charge in [0.05, 0.1) is 15.1 Å². The molecule has 0 atom stereocenters. The summed E-state index contributed by atoms with van der Waals surface area (Å²) in [6.07, 6.45) is -4.56. The van der Waals surface area contributed by atoms with Crippen molar-refractivity contribution in [1.82, 2.24) is 0 Å². The molecule has 0 heterocycles. The first-order valence-electron chi connectivity index (χ1n) is 3.04. The van der Waals surface area contributed by atoms with Gasteiger partial charge in [-0.2, -0.15) is 13.2 Å². The summed E-state index contributed by atoms with van der Waals surface area (Å²) >= 11 is 7.84. The van der Waals surface area contributed by atoms with Gasteiger partial charge in [0.2, 0.25) is 0 Å². The van der Waals surface area contributed by atoms with E-state index in [2.05, 4.69) is 15.9 Å². The molecule has 0 aliphatic carbocycles. The van der Waals surface area contributed by atoms with E-state index in [1.807, 2.05) is 0 Å². The van der Waals surface area contributed by atoms with E-state index in [-0.39, 0.29) is 4.47 Å². The van der Waals surface area contributed by atoms with Crippen LogP contribution in [0, 0.1) is 5.82 Å². The van der Waals surface area contributed by atoms with Crippen molar-refractivity contribution >= 4 is 27.5 Å². The Hall–Kier alpha value is -0.290. The Morgan fingerprint density at radius 1 is 1.23 bits per heavy atom. The molecule has 0 N–H and O–H groups in total. The molecule has 0 amide bonds. The van der Waals surface area contributed by atoms with Gasteiger partial charge in [0.15, 0.2) is 0 Å².